The van der Waals surface area contributed by atoms with Gasteiger partial charge in [0, 0.05) is 0 Å². The molecule has 0 N–H and O–H groups in total. The molecule has 4 nitrogen and oxygen atoms in total. The lowest BCUT2D eigenvalue weighted by molar-refractivity contribution is 0.150. The second-order valence-electron chi connectivity index (χ2n) is 4.22. The number of ether oxygens (including phenoxy) is 1. The largest absolute Gasteiger partial charge is 0.377 e. The van der Waals surface area contributed by atoms with Gasteiger partial charge in [0.15, 0.2) is 0 Å². The summed E-state index contributed by atoms with van der Waals surface area (Å²) in [5, 5.41) is 0. The standard InChI is InChI=1S/C13H16O4S/c1-11-2-4-13(5-3-11)18(14,15)17-10-12-6-8-16-9-7-12/h2-6H,7-10H2,1H3. The maximum atomic E-state index is 11.9. The zero-order chi connectivity index (χ0) is 13.0. The third-order valence-electron chi connectivity index (χ3n) is 2.77. The summed E-state index contributed by atoms with van der Waals surface area (Å²) in [5.74, 6) is 0. The predicted molar refractivity (Wildman–Crippen MR) is 67.8 cm³/mol. The smallest absolute Gasteiger partial charge is 0.297 e. The van der Waals surface area contributed by atoms with Crippen molar-refractivity contribution in [3.63, 3.8) is 0 Å². The SMILES string of the molecule is Cc1ccc(S(=O)(=O)OCC2=CCOCC2)cc1. The van der Waals surface area contributed by atoms with Crippen LogP contribution in [0, 0.1) is 6.92 Å². The molecule has 0 aliphatic carbocycles. The molecule has 0 spiro atoms. The zero-order valence-electron chi connectivity index (χ0n) is 10.3. The van der Waals surface area contributed by atoms with Crippen molar-refractivity contribution in [2.24, 2.45) is 0 Å². The van der Waals surface area contributed by atoms with E-state index in [0.29, 0.717) is 13.2 Å². The van der Waals surface area contributed by atoms with Crippen molar-refractivity contribution in [2.75, 3.05) is 19.8 Å². The molecule has 1 aliphatic rings. The quantitative estimate of drug-likeness (QED) is 0.619. The Balaban J connectivity index is 2.03. The highest BCUT2D eigenvalue weighted by molar-refractivity contribution is 7.86. The van der Waals surface area contributed by atoms with Crippen molar-refractivity contribution >= 4 is 10.1 Å². The molecule has 0 fully saturated rings. The third-order valence-corrected chi connectivity index (χ3v) is 4.04. The molecule has 0 radical (unpaired) electrons. The van der Waals surface area contributed by atoms with Gasteiger partial charge in [-0.25, -0.2) is 0 Å². The average Bonchev–Trinajstić information content (AvgIpc) is 2.38. The highest BCUT2D eigenvalue weighted by Crippen LogP contribution is 2.16. The molecule has 0 aromatic heterocycles. The molecule has 0 bridgehead atoms. The Morgan fingerprint density at radius 1 is 1.28 bits per heavy atom. The van der Waals surface area contributed by atoms with Crippen LogP contribution in [0.3, 0.4) is 0 Å². The molecule has 1 aliphatic heterocycles. The van der Waals surface area contributed by atoms with Gasteiger partial charge in [0.05, 0.1) is 24.7 Å². The second kappa shape index (κ2) is 5.65. The number of rotatable bonds is 4. The van der Waals surface area contributed by atoms with E-state index in [1.54, 1.807) is 24.3 Å². The first-order chi connectivity index (χ1) is 8.58. The fraction of sp³-hybridized carbons (Fsp3) is 0.385. The van der Waals surface area contributed by atoms with E-state index in [1.807, 2.05) is 13.0 Å². The molecule has 5 heteroatoms. The Labute approximate surface area is 107 Å². The van der Waals surface area contributed by atoms with Crippen LogP contribution in [0.1, 0.15) is 12.0 Å². The average molecular weight is 268 g/mol. The molecule has 18 heavy (non-hydrogen) atoms. The van der Waals surface area contributed by atoms with Gasteiger partial charge >= 0.3 is 0 Å². The van der Waals surface area contributed by atoms with Gasteiger partial charge in [-0.05, 0) is 31.1 Å². The normalized spacial score (nSPS) is 16.4. The molecule has 1 aromatic carbocycles. The Bertz CT molecular complexity index is 529. The van der Waals surface area contributed by atoms with E-state index in [2.05, 4.69) is 0 Å². The van der Waals surface area contributed by atoms with E-state index in [1.165, 1.54) is 0 Å². The third kappa shape index (κ3) is 3.41. The molecule has 98 valence electrons. The van der Waals surface area contributed by atoms with E-state index in [-0.39, 0.29) is 11.5 Å². The van der Waals surface area contributed by atoms with E-state index >= 15 is 0 Å². The molecule has 0 amide bonds. The summed E-state index contributed by atoms with van der Waals surface area (Å²) in [6.07, 6.45) is 2.59. The molecule has 0 saturated heterocycles. The molecular formula is C13H16O4S. The van der Waals surface area contributed by atoms with Gasteiger partial charge in [0.2, 0.25) is 0 Å². The summed E-state index contributed by atoms with van der Waals surface area (Å²) in [4.78, 5) is 0.195. The summed E-state index contributed by atoms with van der Waals surface area (Å²) in [6.45, 7) is 3.17. The zero-order valence-corrected chi connectivity index (χ0v) is 11.1. The molecule has 0 atom stereocenters. The van der Waals surface area contributed by atoms with Crippen LogP contribution in [-0.4, -0.2) is 28.2 Å². The van der Waals surface area contributed by atoms with Crippen molar-refractivity contribution in [3.8, 4) is 0 Å². The van der Waals surface area contributed by atoms with Gasteiger partial charge in [0.25, 0.3) is 10.1 Å². The van der Waals surface area contributed by atoms with Crippen LogP contribution in [0.25, 0.3) is 0 Å². The maximum Gasteiger partial charge on any atom is 0.297 e. The van der Waals surface area contributed by atoms with Gasteiger partial charge in [-0.3, -0.25) is 4.18 Å². The Kier molecular flexibility index (Phi) is 4.16. The molecule has 2 rings (SSSR count). The second-order valence-corrected chi connectivity index (χ2v) is 5.83. The van der Waals surface area contributed by atoms with Crippen LogP contribution >= 0.6 is 0 Å². The molecule has 1 aromatic rings. The van der Waals surface area contributed by atoms with Gasteiger partial charge in [-0.15, -0.1) is 0 Å². The highest BCUT2D eigenvalue weighted by atomic mass is 32.2. The first-order valence-corrected chi connectivity index (χ1v) is 7.20. The van der Waals surface area contributed by atoms with Crippen molar-refractivity contribution < 1.29 is 17.3 Å². The highest BCUT2D eigenvalue weighted by Gasteiger charge is 2.16. The van der Waals surface area contributed by atoms with Crippen molar-refractivity contribution in [1.82, 2.24) is 0 Å². The van der Waals surface area contributed by atoms with Crippen LogP contribution in [0.4, 0.5) is 0 Å². The minimum atomic E-state index is -3.66. The van der Waals surface area contributed by atoms with E-state index in [9.17, 15) is 8.42 Å². The lowest BCUT2D eigenvalue weighted by Crippen LogP contribution is -2.13. The van der Waals surface area contributed by atoms with E-state index in [0.717, 1.165) is 17.6 Å². The van der Waals surface area contributed by atoms with Crippen molar-refractivity contribution in [2.45, 2.75) is 18.2 Å². The monoisotopic (exact) mass is 268 g/mol. The van der Waals surface area contributed by atoms with Gasteiger partial charge in [0.1, 0.15) is 0 Å². The summed E-state index contributed by atoms with van der Waals surface area (Å²) in [7, 11) is -3.66. The Morgan fingerprint density at radius 2 is 2.00 bits per heavy atom. The Morgan fingerprint density at radius 3 is 2.61 bits per heavy atom. The van der Waals surface area contributed by atoms with E-state index in [4.69, 9.17) is 8.92 Å². The Hall–Kier alpha value is -1.17. The number of benzene rings is 1. The van der Waals surface area contributed by atoms with Gasteiger partial charge in [-0.2, -0.15) is 8.42 Å². The number of aryl methyl sites for hydroxylation is 1. The van der Waals surface area contributed by atoms with Crippen molar-refractivity contribution in [3.05, 3.63) is 41.5 Å². The van der Waals surface area contributed by atoms with E-state index < -0.39 is 10.1 Å². The first-order valence-electron chi connectivity index (χ1n) is 5.80. The topological polar surface area (TPSA) is 52.6 Å². The fourth-order valence-corrected chi connectivity index (χ4v) is 2.53. The first kappa shape index (κ1) is 13.3. The van der Waals surface area contributed by atoms with Crippen LogP contribution in [0.15, 0.2) is 40.8 Å². The predicted octanol–water partition coefficient (Wildman–Crippen LogP) is 2.05. The van der Waals surface area contributed by atoms with Crippen LogP contribution in [0.2, 0.25) is 0 Å². The summed E-state index contributed by atoms with van der Waals surface area (Å²) < 4.78 is 34.0. The molecular weight excluding hydrogens is 252 g/mol. The minimum Gasteiger partial charge on any atom is -0.377 e. The fourth-order valence-electron chi connectivity index (χ4n) is 1.62. The molecule has 0 unspecified atom stereocenters. The summed E-state index contributed by atoms with van der Waals surface area (Å²) >= 11 is 0. The lowest BCUT2D eigenvalue weighted by Gasteiger charge is -2.13. The summed E-state index contributed by atoms with van der Waals surface area (Å²) in [6, 6.07) is 6.62. The van der Waals surface area contributed by atoms with Crippen LogP contribution in [-0.2, 0) is 19.0 Å². The number of hydrogen-bond donors (Lipinski definition) is 0. The lowest BCUT2D eigenvalue weighted by atomic mass is 10.2. The molecule has 0 saturated carbocycles. The van der Waals surface area contributed by atoms with Gasteiger partial charge < -0.3 is 4.74 Å². The maximum absolute atomic E-state index is 11.9. The molecule has 1 heterocycles. The summed E-state index contributed by atoms with van der Waals surface area (Å²) in [5.41, 5.74) is 1.98. The van der Waals surface area contributed by atoms with Gasteiger partial charge in [-0.1, -0.05) is 23.8 Å². The minimum absolute atomic E-state index is 0.111. The number of hydrogen-bond acceptors (Lipinski definition) is 4. The van der Waals surface area contributed by atoms with Crippen molar-refractivity contribution in [1.29, 1.82) is 0 Å². The van der Waals surface area contributed by atoms with Crippen LogP contribution in [0.5, 0.6) is 0 Å². The van der Waals surface area contributed by atoms with Crippen LogP contribution < -0.4 is 0 Å².